The lowest BCUT2D eigenvalue weighted by atomic mass is 10.2. The van der Waals surface area contributed by atoms with Gasteiger partial charge in [-0.2, -0.15) is 0 Å². The molecule has 0 aromatic rings. The van der Waals surface area contributed by atoms with Gasteiger partial charge in [-0.05, 0) is 41.5 Å². The molecule has 0 spiro atoms. The molecule has 1 heterocycles. The van der Waals surface area contributed by atoms with Crippen LogP contribution in [0.5, 0.6) is 0 Å². The van der Waals surface area contributed by atoms with Gasteiger partial charge in [0, 0.05) is 39.3 Å². The Morgan fingerprint density at radius 1 is 0.609 bits per heavy atom. The van der Waals surface area contributed by atoms with Crippen LogP contribution in [0.25, 0.3) is 0 Å². The smallest absolute Gasteiger partial charge is 0.0707 e. The van der Waals surface area contributed by atoms with Crippen LogP contribution in [0.3, 0.4) is 0 Å². The van der Waals surface area contributed by atoms with Gasteiger partial charge in [-0.1, -0.05) is 0 Å². The second-order valence-corrected chi connectivity index (χ2v) is 8.22. The largest absolute Gasteiger partial charge is 0.378 e. The number of rotatable bonds is 9. The van der Waals surface area contributed by atoms with Gasteiger partial charge in [0.05, 0.1) is 37.6 Å². The normalized spacial score (nSPS) is 18.5. The van der Waals surface area contributed by atoms with Gasteiger partial charge in [0.2, 0.25) is 0 Å². The van der Waals surface area contributed by atoms with E-state index in [4.69, 9.17) is 14.2 Å². The fraction of sp³-hybridized carbons (Fsp3) is 1.00. The molecule has 1 rings (SSSR count). The van der Waals surface area contributed by atoms with Crippen LogP contribution >= 0.6 is 0 Å². The first-order chi connectivity index (χ1) is 10.7. The Balaban J connectivity index is 1.98. The molecule has 0 radical (unpaired) electrons. The van der Waals surface area contributed by atoms with Gasteiger partial charge < -0.3 is 14.2 Å². The first-order valence-corrected chi connectivity index (χ1v) is 8.96. The Hall–Kier alpha value is -0.200. The van der Waals surface area contributed by atoms with Crippen LogP contribution in [0.15, 0.2) is 0 Å². The first kappa shape index (κ1) is 20.8. The molecule has 0 aliphatic carbocycles. The van der Waals surface area contributed by atoms with E-state index in [1.54, 1.807) is 0 Å². The summed E-state index contributed by atoms with van der Waals surface area (Å²) < 4.78 is 17.1. The molecule has 0 bridgehead atoms. The molecule has 1 aliphatic rings. The molecule has 0 unspecified atom stereocenters. The van der Waals surface area contributed by atoms with Crippen LogP contribution in [0.2, 0.25) is 0 Å². The Kier molecular flexibility index (Phi) is 9.01. The summed E-state index contributed by atoms with van der Waals surface area (Å²) >= 11 is 0. The SMILES string of the molecule is CC(C)(C)OCCOCCN1CCN(CCOC(C)(C)C)CC1. The summed E-state index contributed by atoms with van der Waals surface area (Å²) in [7, 11) is 0. The lowest BCUT2D eigenvalue weighted by Gasteiger charge is -2.35. The fourth-order valence-electron chi connectivity index (χ4n) is 2.42. The second kappa shape index (κ2) is 9.94. The highest BCUT2D eigenvalue weighted by Gasteiger charge is 2.17. The molecule has 138 valence electrons. The van der Waals surface area contributed by atoms with Crippen molar-refractivity contribution in [1.82, 2.24) is 9.80 Å². The summed E-state index contributed by atoms with van der Waals surface area (Å²) in [4.78, 5) is 4.96. The number of hydrogen-bond acceptors (Lipinski definition) is 5. The molecule has 0 saturated carbocycles. The predicted octanol–water partition coefficient (Wildman–Crippen LogP) is 2.25. The first-order valence-electron chi connectivity index (χ1n) is 8.96. The molecule has 23 heavy (non-hydrogen) atoms. The highest BCUT2D eigenvalue weighted by Crippen LogP contribution is 2.08. The van der Waals surface area contributed by atoms with E-state index in [0.29, 0.717) is 13.2 Å². The molecule has 1 fully saturated rings. The van der Waals surface area contributed by atoms with Gasteiger partial charge in [-0.15, -0.1) is 0 Å². The number of hydrogen-bond donors (Lipinski definition) is 0. The molecular formula is C18H38N2O3. The van der Waals surface area contributed by atoms with E-state index in [1.165, 1.54) is 0 Å². The molecule has 0 atom stereocenters. The topological polar surface area (TPSA) is 34.2 Å². The number of piperazine rings is 1. The van der Waals surface area contributed by atoms with Crippen LogP contribution < -0.4 is 0 Å². The van der Waals surface area contributed by atoms with Crippen molar-refractivity contribution in [2.75, 3.05) is 65.7 Å². The zero-order chi connectivity index (χ0) is 17.3. The van der Waals surface area contributed by atoms with Crippen LogP contribution in [0.4, 0.5) is 0 Å². The van der Waals surface area contributed by atoms with Gasteiger partial charge in [0.25, 0.3) is 0 Å². The van der Waals surface area contributed by atoms with Crippen molar-refractivity contribution in [2.45, 2.75) is 52.7 Å². The summed E-state index contributed by atoms with van der Waals surface area (Å²) in [6, 6.07) is 0. The van der Waals surface area contributed by atoms with Crippen LogP contribution in [0.1, 0.15) is 41.5 Å². The Bertz CT molecular complexity index is 300. The lowest BCUT2D eigenvalue weighted by molar-refractivity contribution is -0.0387. The van der Waals surface area contributed by atoms with E-state index in [-0.39, 0.29) is 11.2 Å². The van der Waals surface area contributed by atoms with Crippen molar-refractivity contribution in [1.29, 1.82) is 0 Å². The average Bonchev–Trinajstić information content (AvgIpc) is 2.42. The molecule has 0 amide bonds. The van der Waals surface area contributed by atoms with Crippen LogP contribution in [-0.4, -0.2) is 86.7 Å². The fourth-order valence-corrected chi connectivity index (χ4v) is 2.42. The average molecular weight is 331 g/mol. The molecule has 0 N–H and O–H groups in total. The third kappa shape index (κ3) is 11.9. The minimum atomic E-state index is -0.0730. The predicted molar refractivity (Wildman–Crippen MR) is 95.1 cm³/mol. The van der Waals surface area contributed by atoms with Crippen molar-refractivity contribution in [2.24, 2.45) is 0 Å². The van der Waals surface area contributed by atoms with E-state index in [1.807, 2.05) is 0 Å². The molecule has 5 heteroatoms. The van der Waals surface area contributed by atoms with Crippen molar-refractivity contribution in [3.63, 3.8) is 0 Å². The van der Waals surface area contributed by atoms with E-state index >= 15 is 0 Å². The minimum Gasteiger partial charge on any atom is -0.378 e. The van der Waals surface area contributed by atoms with Crippen molar-refractivity contribution < 1.29 is 14.2 Å². The maximum atomic E-state index is 5.80. The quantitative estimate of drug-likeness (QED) is 0.606. The van der Waals surface area contributed by atoms with E-state index < -0.39 is 0 Å². The molecule has 0 aromatic carbocycles. The number of nitrogens with zero attached hydrogens (tertiary/aromatic N) is 2. The minimum absolute atomic E-state index is 0.0319. The third-order valence-electron chi connectivity index (χ3n) is 3.72. The van der Waals surface area contributed by atoms with Gasteiger partial charge >= 0.3 is 0 Å². The molecule has 1 aliphatic heterocycles. The Labute approximate surface area is 143 Å². The van der Waals surface area contributed by atoms with Gasteiger partial charge in [0.1, 0.15) is 0 Å². The van der Waals surface area contributed by atoms with Crippen LogP contribution in [0, 0.1) is 0 Å². The molecule has 0 aromatic heterocycles. The van der Waals surface area contributed by atoms with Gasteiger partial charge in [-0.25, -0.2) is 0 Å². The second-order valence-electron chi connectivity index (χ2n) is 8.22. The van der Waals surface area contributed by atoms with Crippen molar-refractivity contribution >= 4 is 0 Å². The van der Waals surface area contributed by atoms with E-state index in [2.05, 4.69) is 51.3 Å². The van der Waals surface area contributed by atoms with Crippen molar-refractivity contribution in [3.05, 3.63) is 0 Å². The van der Waals surface area contributed by atoms with E-state index in [0.717, 1.165) is 52.5 Å². The summed E-state index contributed by atoms with van der Waals surface area (Å²) in [5.41, 5.74) is -0.105. The zero-order valence-electron chi connectivity index (χ0n) is 16.2. The maximum absolute atomic E-state index is 5.80. The monoisotopic (exact) mass is 330 g/mol. The molecule has 5 nitrogen and oxygen atoms in total. The highest BCUT2D eigenvalue weighted by molar-refractivity contribution is 4.72. The Morgan fingerprint density at radius 3 is 1.52 bits per heavy atom. The van der Waals surface area contributed by atoms with Gasteiger partial charge in [0.15, 0.2) is 0 Å². The molecule has 1 saturated heterocycles. The van der Waals surface area contributed by atoms with Gasteiger partial charge in [-0.3, -0.25) is 9.80 Å². The Morgan fingerprint density at radius 2 is 1.04 bits per heavy atom. The summed E-state index contributed by atoms with van der Waals surface area (Å²) in [5.74, 6) is 0. The highest BCUT2D eigenvalue weighted by atomic mass is 16.5. The van der Waals surface area contributed by atoms with Crippen molar-refractivity contribution in [3.8, 4) is 0 Å². The summed E-state index contributed by atoms with van der Waals surface area (Å²) in [5, 5.41) is 0. The third-order valence-corrected chi connectivity index (χ3v) is 3.72. The molecular weight excluding hydrogens is 292 g/mol. The maximum Gasteiger partial charge on any atom is 0.0707 e. The summed E-state index contributed by atoms with van der Waals surface area (Å²) in [6.07, 6.45) is 0. The van der Waals surface area contributed by atoms with Crippen LogP contribution in [-0.2, 0) is 14.2 Å². The van der Waals surface area contributed by atoms with E-state index in [9.17, 15) is 0 Å². The standard InChI is InChI=1S/C18H38N2O3/c1-17(2,3)22-14-12-20-9-7-19(8-10-20)11-13-21-15-16-23-18(4,5)6/h7-16H2,1-6H3. The number of ether oxygens (including phenoxy) is 3. The zero-order valence-corrected chi connectivity index (χ0v) is 16.2. The summed E-state index contributed by atoms with van der Waals surface area (Å²) in [6.45, 7) is 22.0. The lowest BCUT2D eigenvalue weighted by Crippen LogP contribution is -2.48.